The summed E-state index contributed by atoms with van der Waals surface area (Å²) in [5.74, 6) is -2.15. The van der Waals surface area contributed by atoms with Crippen molar-refractivity contribution in [1.82, 2.24) is 14.9 Å². The third-order valence-corrected chi connectivity index (χ3v) is 4.29. The molecule has 0 spiro atoms. The lowest BCUT2D eigenvalue weighted by Gasteiger charge is -2.20. The lowest BCUT2D eigenvalue weighted by Crippen LogP contribution is -2.42. The Balaban J connectivity index is 3.10. The summed E-state index contributed by atoms with van der Waals surface area (Å²) in [6, 6.07) is 0. The number of primary amides is 1. The first-order chi connectivity index (χ1) is 8.99. The van der Waals surface area contributed by atoms with Crippen molar-refractivity contribution in [2.45, 2.75) is 25.7 Å². The highest BCUT2D eigenvalue weighted by Crippen LogP contribution is 2.19. The molecular weight excluding hydrogens is 288 g/mol. The number of carboxylic acid groups (broad SMARTS) is 1. The molecule has 0 aliphatic carbocycles. The van der Waals surface area contributed by atoms with Crippen LogP contribution in [0.4, 0.5) is 0 Å². The molecule has 0 aliphatic rings. The normalized spacial score (nSPS) is 12.3. The summed E-state index contributed by atoms with van der Waals surface area (Å²) >= 11 is 0. The maximum absolute atomic E-state index is 12.1. The molecule has 112 valence electrons. The van der Waals surface area contributed by atoms with Gasteiger partial charge in [-0.2, -0.15) is 5.10 Å². The summed E-state index contributed by atoms with van der Waals surface area (Å²) in [5.41, 5.74) is 3.52. The van der Waals surface area contributed by atoms with E-state index < -0.39 is 37.9 Å². The fraction of sp³-hybridized carbons (Fsp3) is 0.500. The van der Waals surface area contributed by atoms with Crippen LogP contribution in [0.2, 0.25) is 0 Å². The smallest absolute Gasteiger partial charge is 0.357 e. The quantitative estimate of drug-likeness (QED) is 0.539. The Morgan fingerprint density at radius 3 is 2.45 bits per heavy atom. The molecule has 1 rings (SSSR count). The van der Waals surface area contributed by atoms with Gasteiger partial charge in [-0.25, -0.2) is 17.9 Å². The summed E-state index contributed by atoms with van der Waals surface area (Å²) in [5, 5.41) is 14.6. The summed E-state index contributed by atoms with van der Waals surface area (Å²) in [7, 11) is -4.12. The van der Waals surface area contributed by atoms with E-state index in [0.29, 0.717) is 0 Å². The first-order valence-corrected chi connectivity index (χ1v) is 7.05. The second kappa shape index (κ2) is 5.21. The fourth-order valence-corrected chi connectivity index (χ4v) is 2.86. The number of aromatic amines is 1. The molecule has 5 N–H and O–H groups in total. The van der Waals surface area contributed by atoms with Gasteiger partial charge in [-0.1, -0.05) is 0 Å². The SMILES string of the molecule is Cc1[nH]nc(C(=O)O)c1S(=O)(=O)NCC(C)(C)C(N)=O. The van der Waals surface area contributed by atoms with Crippen LogP contribution in [0, 0.1) is 12.3 Å². The molecule has 9 nitrogen and oxygen atoms in total. The van der Waals surface area contributed by atoms with Gasteiger partial charge in [0, 0.05) is 6.54 Å². The highest BCUT2D eigenvalue weighted by Gasteiger charge is 2.32. The number of hydrogen-bond donors (Lipinski definition) is 4. The van der Waals surface area contributed by atoms with Crippen LogP contribution in [0.25, 0.3) is 0 Å². The molecular formula is C10H16N4O5S. The van der Waals surface area contributed by atoms with Gasteiger partial charge in [0.25, 0.3) is 0 Å². The number of carbonyl (C=O) groups is 2. The molecule has 0 saturated carbocycles. The third-order valence-electron chi connectivity index (χ3n) is 2.73. The van der Waals surface area contributed by atoms with Crippen LogP contribution in [0.3, 0.4) is 0 Å². The number of aryl methyl sites for hydroxylation is 1. The highest BCUT2D eigenvalue weighted by molar-refractivity contribution is 7.89. The van der Waals surface area contributed by atoms with E-state index in [1.54, 1.807) is 0 Å². The largest absolute Gasteiger partial charge is 0.476 e. The van der Waals surface area contributed by atoms with Gasteiger partial charge < -0.3 is 10.8 Å². The number of H-pyrrole nitrogens is 1. The zero-order valence-corrected chi connectivity index (χ0v) is 12.0. The van der Waals surface area contributed by atoms with Gasteiger partial charge in [0.15, 0.2) is 5.69 Å². The monoisotopic (exact) mass is 304 g/mol. The molecule has 1 amide bonds. The van der Waals surface area contributed by atoms with Gasteiger partial charge in [-0.15, -0.1) is 0 Å². The molecule has 0 unspecified atom stereocenters. The van der Waals surface area contributed by atoms with Crippen LogP contribution in [0.5, 0.6) is 0 Å². The van der Waals surface area contributed by atoms with Crippen LogP contribution in [-0.4, -0.2) is 42.1 Å². The van der Waals surface area contributed by atoms with E-state index in [0.717, 1.165) is 0 Å². The molecule has 0 saturated heterocycles. The second-order valence-corrected chi connectivity index (χ2v) is 6.61. The third kappa shape index (κ3) is 3.14. The van der Waals surface area contributed by atoms with Crippen LogP contribution >= 0.6 is 0 Å². The van der Waals surface area contributed by atoms with Crippen molar-refractivity contribution in [2.75, 3.05) is 6.54 Å². The lowest BCUT2D eigenvalue weighted by molar-refractivity contribution is -0.125. The van der Waals surface area contributed by atoms with Crippen molar-refractivity contribution in [3.63, 3.8) is 0 Å². The average Bonchev–Trinajstić information content (AvgIpc) is 2.69. The predicted octanol–water partition coefficient (Wildman–Crippen LogP) is -0.794. The Morgan fingerprint density at radius 1 is 1.45 bits per heavy atom. The molecule has 1 heterocycles. The van der Waals surface area contributed by atoms with Crippen LogP contribution < -0.4 is 10.5 Å². The minimum atomic E-state index is -4.12. The van der Waals surface area contributed by atoms with E-state index in [2.05, 4.69) is 14.9 Å². The number of aromatic nitrogens is 2. The zero-order valence-electron chi connectivity index (χ0n) is 11.2. The van der Waals surface area contributed by atoms with Crippen LogP contribution in [0.1, 0.15) is 30.0 Å². The summed E-state index contributed by atoms with van der Waals surface area (Å²) in [6.07, 6.45) is 0. The number of nitrogens with one attached hydrogen (secondary N) is 2. The predicted molar refractivity (Wildman–Crippen MR) is 68.4 cm³/mol. The summed E-state index contributed by atoms with van der Waals surface area (Å²) in [4.78, 5) is 21.6. The molecule has 1 aromatic heterocycles. The van der Waals surface area contributed by atoms with Crippen molar-refractivity contribution in [3.8, 4) is 0 Å². The van der Waals surface area contributed by atoms with Crippen molar-refractivity contribution in [1.29, 1.82) is 0 Å². The number of nitrogens with zero attached hydrogens (tertiary/aromatic N) is 1. The maximum Gasteiger partial charge on any atom is 0.357 e. The maximum atomic E-state index is 12.1. The average molecular weight is 304 g/mol. The minimum absolute atomic E-state index is 0.0896. The number of amides is 1. The van der Waals surface area contributed by atoms with Crippen LogP contribution in [-0.2, 0) is 14.8 Å². The zero-order chi connectivity index (χ0) is 15.7. The van der Waals surface area contributed by atoms with E-state index in [1.165, 1.54) is 20.8 Å². The van der Waals surface area contributed by atoms with Crippen LogP contribution in [0.15, 0.2) is 4.90 Å². The Hall–Kier alpha value is -1.94. The summed E-state index contributed by atoms with van der Waals surface area (Å²) < 4.78 is 26.4. The molecule has 0 fully saturated rings. The standard InChI is InChI=1S/C10H16N4O5S/c1-5-7(6(8(15)16)14-13-5)20(18,19)12-4-10(2,3)9(11)17/h12H,4H2,1-3H3,(H2,11,17)(H,13,14)(H,15,16). The van der Waals surface area contributed by atoms with Gasteiger partial charge >= 0.3 is 5.97 Å². The van der Waals surface area contributed by atoms with E-state index >= 15 is 0 Å². The van der Waals surface area contributed by atoms with Gasteiger partial charge in [-0.3, -0.25) is 9.89 Å². The minimum Gasteiger partial charge on any atom is -0.476 e. The lowest BCUT2D eigenvalue weighted by atomic mass is 9.93. The Morgan fingerprint density at radius 2 is 2.00 bits per heavy atom. The van der Waals surface area contributed by atoms with Gasteiger partial charge in [0.1, 0.15) is 4.90 Å². The number of carbonyl (C=O) groups excluding carboxylic acids is 1. The molecule has 10 heteroatoms. The first-order valence-electron chi connectivity index (χ1n) is 5.57. The second-order valence-electron chi connectivity index (χ2n) is 4.90. The fourth-order valence-electron chi connectivity index (χ4n) is 1.33. The Labute approximate surface area is 115 Å². The van der Waals surface area contributed by atoms with Crippen molar-refractivity contribution < 1.29 is 23.1 Å². The van der Waals surface area contributed by atoms with Crippen molar-refractivity contribution in [3.05, 3.63) is 11.4 Å². The number of hydrogen-bond acceptors (Lipinski definition) is 5. The molecule has 0 radical (unpaired) electrons. The van der Waals surface area contributed by atoms with Gasteiger partial charge in [-0.05, 0) is 20.8 Å². The Kier molecular flexibility index (Phi) is 4.20. The molecule has 1 aromatic rings. The molecule has 0 bridgehead atoms. The number of aromatic carboxylic acids is 1. The number of nitrogens with two attached hydrogens (primary N) is 1. The topological polar surface area (TPSA) is 155 Å². The van der Waals surface area contributed by atoms with Gasteiger partial charge in [0.2, 0.25) is 15.9 Å². The summed E-state index contributed by atoms with van der Waals surface area (Å²) in [6.45, 7) is 4.07. The van der Waals surface area contributed by atoms with Crippen molar-refractivity contribution >= 4 is 21.9 Å². The molecule has 20 heavy (non-hydrogen) atoms. The van der Waals surface area contributed by atoms with E-state index in [4.69, 9.17) is 10.8 Å². The van der Waals surface area contributed by atoms with Gasteiger partial charge in [0.05, 0.1) is 11.1 Å². The van der Waals surface area contributed by atoms with Crippen molar-refractivity contribution in [2.24, 2.45) is 11.1 Å². The Bertz CT molecular complexity index is 647. The first kappa shape index (κ1) is 16.1. The number of carboxylic acids is 1. The molecule has 0 aromatic carbocycles. The van der Waals surface area contributed by atoms with E-state index in [9.17, 15) is 18.0 Å². The number of sulfonamides is 1. The molecule has 0 atom stereocenters. The highest BCUT2D eigenvalue weighted by atomic mass is 32.2. The van der Waals surface area contributed by atoms with E-state index in [-0.39, 0.29) is 12.2 Å². The molecule has 0 aliphatic heterocycles. The van der Waals surface area contributed by atoms with E-state index in [1.807, 2.05) is 0 Å². The number of rotatable bonds is 6.